The highest BCUT2D eigenvalue weighted by Crippen LogP contribution is 2.03. The Hall–Kier alpha value is -0.0800. The maximum Gasteiger partial charge on any atom is 0.0486 e. The van der Waals surface area contributed by atoms with E-state index >= 15 is 0 Å². The van der Waals surface area contributed by atoms with E-state index in [-0.39, 0.29) is 0 Å². The standard InChI is InChI=1S/C7H16N2/c1-6(2)9-4-7(3)8-5-9/h6-8H,4-5H2,1-3H3. The lowest BCUT2D eigenvalue weighted by Gasteiger charge is -2.17. The molecule has 1 N–H and O–H groups in total. The van der Waals surface area contributed by atoms with E-state index in [0.717, 1.165) is 6.67 Å². The molecule has 1 aliphatic heterocycles. The van der Waals surface area contributed by atoms with E-state index in [4.69, 9.17) is 0 Å². The molecule has 1 aliphatic rings. The number of nitrogens with zero attached hydrogens (tertiary/aromatic N) is 1. The van der Waals surface area contributed by atoms with E-state index in [0.29, 0.717) is 12.1 Å². The van der Waals surface area contributed by atoms with Crippen molar-refractivity contribution in [3.05, 3.63) is 0 Å². The Morgan fingerprint density at radius 3 is 2.44 bits per heavy atom. The molecule has 1 atom stereocenters. The van der Waals surface area contributed by atoms with E-state index < -0.39 is 0 Å². The molecule has 0 radical (unpaired) electrons. The van der Waals surface area contributed by atoms with Crippen molar-refractivity contribution in [3.63, 3.8) is 0 Å². The molecular formula is C7H16N2. The van der Waals surface area contributed by atoms with Gasteiger partial charge in [-0.25, -0.2) is 0 Å². The average Bonchev–Trinajstić information content (AvgIpc) is 2.14. The van der Waals surface area contributed by atoms with Crippen molar-refractivity contribution in [2.24, 2.45) is 0 Å². The lowest BCUT2D eigenvalue weighted by Crippen LogP contribution is -2.29. The van der Waals surface area contributed by atoms with Gasteiger partial charge in [-0.15, -0.1) is 0 Å². The minimum Gasteiger partial charge on any atom is -0.300 e. The highest BCUT2D eigenvalue weighted by Gasteiger charge is 2.18. The summed E-state index contributed by atoms with van der Waals surface area (Å²) in [5, 5.41) is 3.38. The molecule has 1 rings (SSSR count). The van der Waals surface area contributed by atoms with Crippen LogP contribution in [0.2, 0.25) is 0 Å². The maximum atomic E-state index is 3.38. The average molecular weight is 128 g/mol. The Balaban J connectivity index is 2.30. The summed E-state index contributed by atoms with van der Waals surface area (Å²) in [5.41, 5.74) is 0. The smallest absolute Gasteiger partial charge is 0.0486 e. The highest BCUT2D eigenvalue weighted by molar-refractivity contribution is 4.76. The van der Waals surface area contributed by atoms with Gasteiger partial charge >= 0.3 is 0 Å². The van der Waals surface area contributed by atoms with Crippen molar-refractivity contribution in [2.45, 2.75) is 32.9 Å². The summed E-state index contributed by atoms with van der Waals surface area (Å²) in [7, 11) is 0. The van der Waals surface area contributed by atoms with Crippen molar-refractivity contribution in [1.82, 2.24) is 10.2 Å². The normalized spacial score (nSPS) is 30.0. The van der Waals surface area contributed by atoms with Crippen LogP contribution in [-0.4, -0.2) is 30.2 Å². The molecule has 0 aliphatic carbocycles. The summed E-state index contributed by atoms with van der Waals surface area (Å²) >= 11 is 0. The number of hydrogen-bond donors (Lipinski definition) is 1. The van der Waals surface area contributed by atoms with Crippen molar-refractivity contribution < 1.29 is 0 Å². The summed E-state index contributed by atoms with van der Waals surface area (Å²) < 4.78 is 0. The minimum atomic E-state index is 0.687. The van der Waals surface area contributed by atoms with Gasteiger partial charge in [0.15, 0.2) is 0 Å². The van der Waals surface area contributed by atoms with Crippen molar-refractivity contribution >= 4 is 0 Å². The fraction of sp³-hybridized carbons (Fsp3) is 1.00. The molecule has 1 fully saturated rings. The zero-order chi connectivity index (χ0) is 6.85. The molecule has 0 aromatic rings. The van der Waals surface area contributed by atoms with E-state index in [1.54, 1.807) is 0 Å². The quantitative estimate of drug-likeness (QED) is 0.557. The molecule has 2 nitrogen and oxygen atoms in total. The van der Waals surface area contributed by atoms with Crippen molar-refractivity contribution in [3.8, 4) is 0 Å². The summed E-state index contributed by atoms with van der Waals surface area (Å²) in [6.45, 7) is 8.97. The molecule has 0 saturated carbocycles. The zero-order valence-corrected chi connectivity index (χ0v) is 6.52. The maximum absolute atomic E-state index is 3.38. The molecule has 1 unspecified atom stereocenters. The second-order valence-electron chi connectivity index (χ2n) is 3.13. The molecule has 0 aromatic heterocycles. The van der Waals surface area contributed by atoms with Gasteiger partial charge in [0.1, 0.15) is 0 Å². The molecule has 2 heteroatoms. The lowest BCUT2D eigenvalue weighted by molar-refractivity contribution is 0.270. The summed E-state index contributed by atoms with van der Waals surface area (Å²) in [5.74, 6) is 0. The molecule has 54 valence electrons. The Morgan fingerprint density at radius 1 is 1.56 bits per heavy atom. The van der Waals surface area contributed by atoms with E-state index in [9.17, 15) is 0 Å². The van der Waals surface area contributed by atoms with Crippen LogP contribution in [0.5, 0.6) is 0 Å². The van der Waals surface area contributed by atoms with Crippen LogP contribution in [0, 0.1) is 0 Å². The van der Waals surface area contributed by atoms with Crippen LogP contribution >= 0.6 is 0 Å². The minimum absolute atomic E-state index is 0.687. The van der Waals surface area contributed by atoms with Gasteiger partial charge in [-0.05, 0) is 20.8 Å². The number of nitrogens with one attached hydrogen (secondary N) is 1. The SMILES string of the molecule is CC1CN(C(C)C)CN1. The predicted octanol–water partition coefficient (Wildman–Crippen LogP) is 0.646. The fourth-order valence-electron chi connectivity index (χ4n) is 1.15. The first-order valence-corrected chi connectivity index (χ1v) is 3.67. The molecule has 0 spiro atoms. The zero-order valence-electron chi connectivity index (χ0n) is 6.52. The first-order chi connectivity index (χ1) is 4.20. The summed E-state index contributed by atoms with van der Waals surface area (Å²) in [4.78, 5) is 2.44. The van der Waals surface area contributed by atoms with Crippen LogP contribution < -0.4 is 5.32 Å². The Kier molecular flexibility index (Phi) is 2.09. The summed E-state index contributed by atoms with van der Waals surface area (Å²) in [6.07, 6.45) is 0. The van der Waals surface area contributed by atoms with Gasteiger partial charge in [0.25, 0.3) is 0 Å². The topological polar surface area (TPSA) is 15.3 Å². The Morgan fingerprint density at radius 2 is 2.22 bits per heavy atom. The first-order valence-electron chi connectivity index (χ1n) is 3.67. The van der Waals surface area contributed by atoms with Crippen LogP contribution in [0.15, 0.2) is 0 Å². The van der Waals surface area contributed by atoms with Crippen LogP contribution in [0.4, 0.5) is 0 Å². The van der Waals surface area contributed by atoms with Crippen molar-refractivity contribution in [2.75, 3.05) is 13.2 Å². The Bertz CT molecular complexity index is 90.9. The van der Waals surface area contributed by atoms with E-state index in [1.165, 1.54) is 6.54 Å². The van der Waals surface area contributed by atoms with E-state index in [2.05, 4.69) is 31.0 Å². The van der Waals surface area contributed by atoms with Gasteiger partial charge in [-0.3, -0.25) is 4.90 Å². The lowest BCUT2D eigenvalue weighted by atomic mass is 10.3. The van der Waals surface area contributed by atoms with Gasteiger partial charge in [0, 0.05) is 25.3 Å². The molecule has 9 heavy (non-hydrogen) atoms. The van der Waals surface area contributed by atoms with Crippen LogP contribution in [0.1, 0.15) is 20.8 Å². The van der Waals surface area contributed by atoms with Crippen molar-refractivity contribution in [1.29, 1.82) is 0 Å². The third-order valence-electron chi connectivity index (χ3n) is 1.88. The number of rotatable bonds is 1. The highest BCUT2D eigenvalue weighted by atomic mass is 15.3. The van der Waals surface area contributed by atoms with Crippen LogP contribution in [0.3, 0.4) is 0 Å². The summed E-state index contributed by atoms with van der Waals surface area (Å²) in [6, 6.07) is 1.38. The molecule has 1 saturated heterocycles. The first kappa shape index (κ1) is 7.03. The monoisotopic (exact) mass is 128 g/mol. The molecule has 1 heterocycles. The molecule has 0 bridgehead atoms. The van der Waals surface area contributed by atoms with Crippen LogP contribution in [-0.2, 0) is 0 Å². The fourth-order valence-corrected chi connectivity index (χ4v) is 1.15. The molecule has 0 amide bonds. The number of hydrogen-bond acceptors (Lipinski definition) is 2. The van der Waals surface area contributed by atoms with Gasteiger partial charge in [-0.2, -0.15) is 0 Å². The van der Waals surface area contributed by atoms with E-state index in [1.807, 2.05) is 0 Å². The second kappa shape index (κ2) is 2.67. The van der Waals surface area contributed by atoms with Gasteiger partial charge < -0.3 is 5.32 Å². The van der Waals surface area contributed by atoms with Gasteiger partial charge in [0.05, 0.1) is 0 Å². The second-order valence-corrected chi connectivity index (χ2v) is 3.13. The third kappa shape index (κ3) is 1.66. The van der Waals surface area contributed by atoms with Gasteiger partial charge in [0.2, 0.25) is 0 Å². The van der Waals surface area contributed by atoms with Crippen LogP contribution in [0.25, 0.3) is 0 Å². The largest absolute Gasteiger partial charge is 0.300 e. The van der Waals surface area contributed by atoms with Gasteiger partial charge in [-0.1, -0.05) is 0 Å². The molecule has 0 aromatic carbocycles. The molecular weight excluding hydrogens is 112 g/mol. The third-order valence-corrected chi connectivity index (χ3v) is 1.88. The Labute approximate surface area is 57.2 Å². The predicted molar refractivity (Wildman–Crippen MR) is 39.3 cm³/mol.